The lowest BCUT2D eigenvalue weighted by Crippen LogP contribution is -2.35. The van der Waals surface area contributed by atoms with Gasteiger partial charge in [0.15, 0.2) is 0 Å². The van der Waals surface area contributed by atoms with Crippen molar-refractivity contribution >= 4 is 0 Å². The molecule has 0 saturated carbocycles. The molecule has 0 radical (unpaired) electrons. The number of hydrogen-bond acceptors (Lipinski definition) is 2. The summed E-state index contributed by atoms with van der Waals surface area (Å²) in [5.41, 5.74) is 0.550. The van der Waals surface area contributed by atoms with Crippen LogP contribution in [0, 0.1) is 18.6 Å². The lowest BCUT2D eigenvalue weighted by atomic mass is 10.0. The predicted molar refractivity (Wildman–Crippen MR) is 52.7 cm³/mol. The van der Waals surface area contributed by atoms with E-state index >= 15 is 0 Å². The smallest absolute Gasteiger partial charge is 0.133 e. The predicted octanol–water partition coefficient (Wildman–Crippen LogP) is 1.93. The summed E-state index contributed by atoms with van der Waals surface area (Å²) in [6, 6.07) is 2.36. The Bertz CT molecular complexity index is 362. The number of aryl methyl sites for hydroxylation is 1. The molecule has 0 aromatic heterocycles. The van der Waals surface area contributed by atoms with E-state index in [-0.39, 0.29) is 11.6 Å². The zero-order chi connectivity index (χ0) is 10.8. The van der Waals surface area contributed by atoms with Gasteiger partial charge in [-0.25, -0.2) is 8.78 Å². The van der Waals surface area contributed by atoms with Crippen molar-refractivity contribution in [3.8, 4) is 0 Å². The summed E-state index contributed by atoms with van der Waals surface area (Å²) in [4.78, 5) is 0. The Morgan fingerprint density at radius 3 is 2.87 bits per heavy atom. The fourth-order valence-corrected chi connectivity index (χ4v) is 1.75. The van der Waals surface area contributed by atoms with Gasteiger partial charge in [0.25, 0.3) is 0 Å². The number of ether oxygens (including phenoxy) is 1. The molecule has 1 heterocycles. The van der Waals surface area contributed by atoms with Crippen LogP contribution in [-0.4, -0.2) is 19.8 Å². The molecule has 0 bridgehead atoms. The van der Waals surface area contributed by atoms with Crippen LogP contribution < -0.4 is 5.32 Å². The van der Waals surface area contributed by atoms with E-state index in [1.54, 1.807) is 6.92 Å². The minimum absolute atomic E-state index is 0.0923. The molecular weight excluding hydrogens is 200 g/mol. The van der Waals surface area contributed by atoms with E-state index in [4.69, 9.17) is 4.74 Å². The molecule has 1 unspecified atom stereocenters. The second-order valence-electron chi connectivity index (χ2n) is 3.67. The molecule has 0 aliphatic carbocycles. The highest BCUT2D eigenvalue weighted by atomic mass is 19.1. The Kier molecular flexibility index (Phi) is 2.98. The average Bonchev–Trinajstić information content (AvgIpc) is 2.26. The van der Waals surface area contributed by atoms with Gasteiger partial charge in [0.05, 0.1) is 19.3 Å². The van der Waals surface area contributed by atoms with E-state index in [1.165, 1.54) is 12.1 Å². The van der Waals surface area contributed by atoms with Crippen molar-refractivity contribution < 1.29 is 13.5 Å². The van der Waals surface area contributed by atoms with Gasteiger partial charge in [0.1, 0.15) is 11.6 Å². The zero-order valence-corrected chi connectivity index (χ0v) is 8.52. The summed E-state index contributed by atoms with van der Waals surface area (Å²) in [5, 5.41) is 3.04. The Morgan fingerprint density at radius 1 is 1.40 bits per heavy atom. The molecule has 1 aliphatic heterocycles. The molecule has 1 atom stereocenters. The first-order valence-electron chi connectivity index (χ1n) is 4.96. The second-order valence-corrected chi connectivity index (χ2v) is 3.67. The van der Waals surface area contributed by atoms with Crippen LogP contribution in [0.2, 0.25) is 0 Å². The first kappa shape index (κ1) is 10.5. The summed E-state index contributed by atoms with van der Waals surface area (Å²) in [5.74, 6) is -0.987. The van der Waals surface area contributed by atoms with Gasteiger partial charge < -0.3 is 10.1 Å². The molecule has 1 fully saturated rings. The van der Waals surface area contributed by atoms with Gasteiger partial charge in [-0.2, -0.15) is 0 Å². The summed E-state index contributed by atoms with van der Waals surface area (Å²) >= 11 is 0. The molecule has 1 N–H and O–H groups in total. The molecule has 1 aromatic carbocycles. The van der Waals surface area contributed by atoms with Crippen molar-refractivity contribution in [3.05, 3.63) is 34.9 Å². The molecule has 1 saturated heterocycles. The molecule has 0 spiro atoms. The van der Waals surface area contributed by atoms with E-state index in [2.05, 4.69) is 5.32 Å². The Labute approximate surface area is 87.2 Å². The van der Waals surface area contributed by atoms with Gasteiger partial charge in [-0.15, -0.1) is 0 Å². The van der Waals surface area contributed by atoms with E-state index in [0.717, 1.165) is 0 Å². The number of benzene rings is 1. The Hall–Kier alpha value is -1.00. The molecular formula is C11H13F2NO. The van der Waals surface area contributed by atoms with Crippen LogP contribution in [0.1, 0.15) is 17.2 Å². The van der Waals surface area contributed by atoms with Crippen LogP contribution in [-0.2, 0) is 4.74 Å². The Morgan fingerprint density at radius 2 is 2.20 bits per heavy atom. The van der Waals surface area contributed by atoms with Crippen LogP contribution in [0.25, 0.3) is 0 Å². The third-order valence-electron chi connectivity index (χ3n) is 2.59. The Balaban J connectivity index is 2.36. The van der Waals surface area contributed by atoms with Crippen molar-refractivity contribution in [1.29, 1.82) is 0 Å². The number of morpholine rings is 1. The van der Waals surface area contributed by atoms with Crippen molar-refractivity contribution in [2.24, 2.45) is 0 Å². The first-order chi connectivity index (χ1) is 7.20. The highest BCUT2D eigenvalue weighted by Crippen LogP contribution is 2.24. The summed E-state index contributed by atoms with van der Waals surface area (Å²) in [6.07, 6.45) is 0. The normalized spacial score (nSPS) is 21.7. The monoisotopic (exact) mass is 213 g/mol. The van der Waals surface area contributed by atoms with Crippen molar-refractivity contribution in [2.75, 3.05) is 19.8 Å². The summed E-state index contributed by atoms with van der Waals surface area (Å²) in [6.45, 7) is 3.16. The SMILES string of the molecule is Cc1ccc(F)c(C2COCCN2)c1F. The molecule has 82 valence electrons. The lowest BCUT2D eigenvalue weighted by Gasteiger charge is -2.25. The highest BCUT2D eigenvalue weighted by molar-refractivity contribution is 5.29. The maximum absolute atomic E-state index is 13.7. The van der Waals surface area contributed by atoms with Gasteiger partial charge in [-0.1, -0.05) is 6.07 Å². The minimum atomic E-state index is -0.513. The fourth-order valence-electron chi connectivity index (χ4n) is 1.75. The van der Waals surface area contributed by atoms with E-state index < -0.39 is 11.6 Å². The molecule has 0 amide bonds. The van der Waals surface area contributed by atoms with Gasteiger partial charge in [0, 0.05) is 12.1 Å². The number of halogens is 2. The van der Waals surface area contributed by atoms with E-state index in [0.29, 0.717) is 25.3 Å². The number of nitrogens with one attached hydrogen (secondary N) is 1. The number of hydrogen-bond donors (Lipinski definition) is 1. The van der Waals surface area contributed by atoms with Crippen LogP contribution in [0.3, 0.4) is 0 Å². The van der Waals surface area contributed by atoms with Crippen molar-refractivity contribution in [1.82, 2.24) is 5.32 Å². The quantitative estimate of drug-likeness (QED) is 0.769. The van der Waals surface area contributed by atoms with Crippen LogP contribution >= 0.6 is 0 Å². The van der Waals surface area contributed by atoms with Crippen molar-refractivity contribution in [2.45, 2.75) is 13.0 Å². The number of rotatable bonds is 1. The van der Waals surface area contributed by atoms with Crippen LogP contribution in [0.15, 0.2) is 12.1 Å². The van der Waals surface area contributed by atoms with Gasteiger partial charge in [-0.05, 0) is 18.6 Å². The largest absolute Gasteiger partial charge is 0.378 e. The zero-order valence-electron chi connectivity index (χ0n) is 8.52. The maximum Gasteiger partial charge on any atom is 0.133 e. The van der Waals surface area contributed by atoms with Gasteiger partial charge in [-0.3, -0.25) is 0 Å². The molecule has 2 rings (SSSR count). The lowest BCUT2D eigenvalue weighted by molar-refractivity contribution is 0.0745. The van der Waals surface area contributed by atoms with Crippen LogP contribution in [0.5, 0.6) is 0 Å². The maximum atomic E-state index is 13.7. The first-order valence-corrected chi connectivity index (χ1v) is 4.96. The van der Waals surface area contributed by atoms with Gasteiger partial charge in [0.2, 0.25) is 0 Å². The summed E-state index contributed by atoms with van der Waals surface area (Å²) in [7, 11) is 0. The fraction of sp³-hybridized carbons (Fsp3) is 0.455. The summed E-state index contributed by atoms with van der Waals surface area (Å²) < 4.78 is 32.4. The molecule has 2 nitrogen and oxygen atoms in total. The molecule has 4 heteroatoms. The minimum Gasteiger partial charge on any atom is -0.378 e. The molecule has 1 aliphatic rings. The van der Waals surface area contributed by atoms with E-state index in [1.807, 2.05) is 0 Å². The average molecular weight is 213 g/mol. The van der Waals surface area contributed by atoms with E-state index in [9.17, 15) is 8.78 Å². The van der Waals surface area contributed by atoms with Crippen molar-refractivity contribution in [3.63, 3.8) is 0 Å². The third kappa shape index (κ3) is 2.01. The van der Waals surface area contributed by atoms with Gasteiger partial charge >= 0.3 is 0 Å². The third-order valence-corrected chi connectivity index (χ3v) is 2.59. The van der Waals surface area contributed by atoms with Crippen LogP contribution in [0.4, 0.5) is 8.78 Å². The highest BCUT2D eigenvalue weighted by Gasteiger charge is 2.23. The topological polar surface area (TPSA) is 21.3 Å². The standard InChI is InChI=1S/C11H13F2NO/c1-7-2-3-8(12)10(11(7)13)9-6-15-5-4-14-9/h2-3,9,14H,4-6H2,1H3. The molecule has 1 aromatic rings. The molecule has 15 heavy (non-hydrogen) atoms. The second kappa shape index (κ2) is 4.24.